The van der Waals surface area contributed by atoms with Gasteiger partial charge in [0.1, 0.15) is 0 Å². The maximum Gasteiger partial charge on any atom is 0.457 e. The van der Waals surface area contributed by atoms with Crippen LogP contribution in [0.25, 0.3) is 5.76 Å². The number of hydrogen-bond acceptors (Lipinski definition) is 2. The van der Waals surface area contributed by atoms with Crippen LogP contribution < -0.4 is 0 Å². The lowest BCUT2D eigenvalue weighted by Crippen LogP contribution is -2.23. The van der Waals surface area contributed by atoms with Crippen LogP contribution in [0.15, 0.2) is 36.2 Å². The van der Waals surface area contributed by atoms with E-state index < -0.39 is 23.5 Å². The second-order valence-electron chi connectivity index (χ2n) is 2.86. The van der Waals surface area contributed by atoms with E-state index in [0.717, 1.165) is 0 Å². The van der Waals surface area contributed by atoms with Crippen molar-refractivity contribution in [2.75, 3.05) is 0 Å². The van der Waals surface area contributed by atoms with Crippen molar-refractivity contribution < 1.29 is 27.5 Å². The molecule has 0 aliphatic rings. The molecule has 1 aromatic carbocycles. The Morgan fingerprint density at radius 1 is 1.12 bits per heavy atom. The zero-order valence-electron chi connectivity index (χ0n) is 7.75. The molecule has 0 aromatic heterocycles. The van der Waals surface area contributed by atoms with Gasteiger partial charge in [-0.3, -0.25) is 4.79 Å². The second-order valence-corrected chi connectivity index (χ2v) is 2.86. The van der Waals surface area contributed by atoms with E-state index in [1.54, 1.807) is 0 Å². The number of carbonyl (C=O) groups excluding carboxylic acids is 1. The lowest BCUT2D eigenvalue weighted by molar-refractivity contribution is -0.168. The minimum absolute atomic E-state index is 0.197. The molecular weight excluding hydrogens is 228 g/mol. The minimum atomic E-state index is -5.34. The summed E-state index contributed by atoms with van der Waals surface area (Å²) in [5, 5.41) is 9.11. The lowest BCUT2D eigenvalue weighted by atomic mass is 10.1. The van der Waals surface area contributed by atoms with Crippen LogP contribution in [-0.2, 0) is 4.79 Å². The van der Waals surface area contributed by atoms with Crippen LogP contribution in [0, 0.1) is 0 Å². The van der Waals surface area contributed by atoms with E-state index in [9.17, 15) is 22.4 Å². The summed E-state index contributed by atoms with van der Waals surface area (Å²) in [7, 11) is 0. The van der Waals surface area contributed by atoms with E-state index in [1.807, 2.05) is 0 Å². The molecule has 0 spiro atoms. The summed E-state index contributed by atoms with van der Waals surface area (Å²) in [6.07, 6.45) is -5.34. The van der Waals surface area contributed by atoms with Crippen molar-refractivity contribution in [2.45, 2.75) is 6.18 Å². The average Bonchev–Trinajstić information content (AvgIpc) is 2.26. The number of benzene rings is 1. The molecule has 0 saturated heterocycles. The first-order valence-corrected chi connectivity index (χ1v) is 4.09. The fourth-order valence-corrected chi connectivity index (χ4v) is 0.955. The van der Waals surface area contributed by atoms with Crippen molar-refractivity contribution in [1.82, 2.24) is 0 Å². The normalized spacial score (nSPS) is 13.2. The first-order chi connectivity index (χ1) is 7.34. The molecule has 6 heteroatoms. The number of allylic oxidation sites excluding steroid dienone is 1. The second kappa shape index (κ2) is 4.34. The number of hydrogen-bond donors (Lipinski definition) is 1. The Hall–Kier alpha value is -1.85. The molecule has 1 N–H and O–H groups in total. The number of alkyl halides is 3. The Labute approximate surface area is 87.8 Å². The topological polar surface area (TPSA) is 37.3 Å². The zero-order chi connectivity index (χ0) is 12.3. The van der Waals surface area contributed by atoms with Crippen LogP contribution in [0.4, 0.5) is 17.6 Å². The molecule has 0 bridgehead atoms. The predicted molar refractivity (Wildman–Crippen MR) is 48.2 cm³/mol. The fourth-order valence-electron chi connectivity index (χ4n) is 0.955. The highest BCUT2D eigenvalue weighted by Crippen LogP contribution is 2.25. The number of aliphatic hydroxyl groups is 1. The highest BCUT2D eigenvalue weighted by Gasteiger charge is 2.43. The zero-order valence-corrected chi connectivity index (χ0v) is 7.75. The summed E-state index contributed by atoms with van der Waals surface area (Å²) in [5.41, 5.74) is -0.197. The first-order valence-electron chi connectivity index (χ1n) is 4.09. The summed E-state index contributed by atoms with van der Waals surface area (Å²) in [4.78, 5) is 10.5. The summed E-state index contributed by atoms with van der Waals surface area (Å²) < 4.78 is 48.5. The van der Waals surface area contributed by atoms with Crippen molar-refractivity contribution in [3.63, 3.8) is 0 Å². The number of ketones is 1. The Kier molecular flexibility index (Phi) is 3.31. The Morgan fingerprint density at radius 3 is 2.06 bits per heavy atom. The van der Waals surface area contributed by atoms with Gasteiger partial charge in [0.15, 0.2) is 5.76 Å². The third-order valence-corrected chi connectivity index (χ3v) is 1.71. The Morgan fingerprint density at radius 2 is 1.62 bits per heavy atom. The van der Waals surface area contributed by atoms with Crippen molar-refractivity contribution >= 4 is 11.5 Å². The van der Waals surface area contributed by atoms with E-state index in [0.29, 0.717) is 0 Å². The molecule has 86 valence electrons. The molecule has 0 atom stereocenters. The van der Waals surface area contributed by atoms with Crippen LogP contribution in [0.3, 0.4) is 0 Å². The van der Waals surface area contributed by atoms with Gasteiger partial charge in [-0.25, -0.2) is 0 Å². The summed E-state index contributed by atoms with van der Waals surface area (Å²) in [5.74, 6) is -6.23. The molecule has 0 radical (unpaired) electrons. The molecule has 1 rings (SSSR count). The number of aliphatic hydroxyl groups excluding tert-OH is 1. The van der Waals surface area contributed by atoms with Gasteiger partial charge in [-0.2, -0.15) is 17.6 Å². The monoisotopic (exact) mass is 234 g/mol. The number of Topliss-reactive ketones (excluding diaryl/α,β-unsaturated/α-hetero) is 1. The van der Waals surface area contributed by atoms with Crippen LogP contribution in [0.5, 0.6) is 0 Å². The molecule has 0 aliphatic carbocycles. The van der Waals surface area contributed by atoms with Crippen molar-refractivity contribution in [3.05, 3.63) is 41.7 Å². The van der Waals surface area contributed by atoms with E-state index in [4.69, 9.17) is 5.11 Å². The predicted octanol–water partition coefficient (Wildman–Crippen LogP) is 3.01. The lowest BCUT2D eigenvalue weighted by Gasteiger charge is -2.05. The standard InChI is InChI=1S/C10H6F4O2/c11-7(9(16)10(12,13)14)8(15)6-4-2-1-3-5-6/h1-5,15H/b8-7+. The molecule has 0 amide bonds. The van der Waals surface area contributed by atoms with Gasteiger partial charge in [-0.05, 0) is 0 Å². The summed E-state index contributed by atoms with van der Waals surface area (Å²) in [6.45, 7) is 0. The van der Waals surface area contributed by atoms with Gasteiger partial charge < -0.3 is 5.11 Å². The van der Waals surface area contributed by atoms with E-state index in [1.165, 1.54) is 30.3 Å². The van der Waals surface area contributed by atoms with E-state index in [2.05, 4.69) is 0 Å². The SMILES string of the molecule is O=C(/C(F)=C(\O)c1ccccc1)C(F)(F)F. The number of carbonyl (C=O) groups is 1. The Bertz CT molecular complexity index is 420. The highest BCUT2D eigenvalue weighted by atomic mass is 19.4. The molecule has 0 heterocycles. The van der Waals surface area contributed by atoms with Gasteiger partial charge in [0.25, 0.3) is 5.78 Å². The van der Waals surface area contributed by atoms with Crippen LogP contribution in [0.1, 0.15) is 5.56 Å². The highest BCUT2D eigenvalue weighted by molar-refractivity contribution is 6.02. The first kappa shape index (κ1) is 12.2. The van der Waals surface area contributed by atoms with E-state index in [-0.39, 0.29) is 5.56 Å². The molecule has 16 heavy (non-hydrogen) atoms. The van der Waals surface area contributed by atoms with Gasteiger partial charge in [-0.1, -0.05) is 30.3 Å². The third kappa shape index (κ3) is 2.59. The maximum absolute atomic E-state index is 12.9. The maximum atomic E-state index is 12.9. The number of rotatable bonds is 2. The quantitative estimate of drug-likeness (QED) is 0.485. The van der Waals surface area contributed by atoms with Crippen molar-refractivity contribution in [2.24, 2.45) is 0 Å². The number of halogens is 4. The van der Waals surface area contributed by atoms with Gasteiger partial charge in [0, 0.05) is 5.56 Å². The van der Waals surface area contributed by atoms with Gasteiger partial charge in [0.05, 0.1) is 0 Å². The van der Waals surface area contributed by atoms with Gasteiger partial charge in [0.2, 0.25) is 5.83 Å². The molecular formula is C10H6F4O2. The summed E-state index contributed by atoms with van der Waals surface area (Å²) in [6, 6.07) is 6.66. The summed E-state index contributed by atoms with van der Waals surface area (Å²) >= 11 is 0. The minimum Gasteiger partial charge on any atom is -0.504 e. The van der Waals surface area contributed by atoms with Gasteiger partial charge in [-0.15, -0.1) is 0 Å². The molecule has 0 fully saturated rings. The fraction of sp³-hybridized carbons (Fsp3) is 0.100. The molecule has 0 aliphatic heterocycles. The molecule has 0 unspecified atom stereocenters. The van der Waals surface area contributed by atoms with Crippen molar-refractivity contribution in [1.29, 1.82) is 0 Å². The van der Waals surface area contributed by atoms with Crippen LogP contribution >= 0.6 is 0 Å². The van der Waals surface area contributed by atoms with Gasteiger partial charge >= 0.3 is 6.18 Å². The van der Waals surface area contributed by atoms with Crippen LogP contribution in [0.2, 0.25) is 0 Å². The average molecular weight is 234 g/mol. The van der Waals surface area contributed by atoms with Crippen molar-refractivity contribution in [3.8, 4) is 0 Å². The molecule has 1 aromatic rings. The van der Waals surface area contributed by atoms with Crippen LogP contribution in [-0.4, -0.2) is 17.1 Å². The smallest absolute Gasteiger partial charge is 0.457 e. The molecule has 0 saturated carbocycles. The largest absolute Gasteiger partial charge is 0.504 e. The third-order valence-electron chi connectivity index (χ3n) is 1.71. The Balaban J connectivity index is 3.12. The molecule has 2 nitrogen and oxygen atoms in total. The van der Waals surface area contributed by atoms with E-state index >= 15 is 0 Å².